The Morgan fingerprint density at radius 1 is 1.38 bits per heavy atom. The molecule has 3 N–H and O–H groups in total. The second kappa shape index (κ2) is 3.97. The average molecular weight is 184 g/mol. The van der Waals surface area contributed by atoms with Crippen molar-refractivity contribution in [2.24, 2.45) is 23.0 Å². The minimum absolute atomic E-state index is 0.390. The summed E-state index contributed by atoms with van der Waals surface area (Å²) < 4.78 is 0. The van der Waals surface area contributed by atoms with Gasteiger partial charge in [-0.3, -0.25) is 0 Å². The Labute approximate surface area is 82.3 Å². The minimum Gasteiger partial charge on any atom is -0.327 e. The van der Waals surface area contributed by atoms with Crippen LogP contribution in [0.1, 0.15) is 33.6 Å². The second-order valence-electron chi connectivity index (χ2n) is 5.11. The zero-order valence-electron chi connectivity index (χ0n) is 9.43. The first-order valence-corrected chi connectivity index (χ1v) is 5.40. The van der Waals surface area contributed by atoms with Crippen LogP contribution in [-0.4, -0.2) is 19.6 Å². The molecule has 1 aliphatic carbocycles. The lowest BCUT2D eigenvalue weighted by molar-refractivity contribution is 0.0553. The molecule has 1 saturated carbocycles. The van der Waals surface area contributed by atoms with E-state index in [-0.39, 0.29) is 0 Å². The number of nitrogens with one attached hydrogen (secondary N) is 1. The maximum absolute atomic E-state index is 6.09. The Morgan fingerprint density at radius 2 is 2.00 bits per heavy atom. The van der Waals surface area contributed by atoms with E-state index in [2.05, 4.69) is 26.1 Å². The molecule has 2 nitrogen and oxygen atoms in total. The molecule has 78 valence electrons. The molecular formula is C11H24N2. The summed E-state index contributed by atoms with van der Waals surface area (Å²) in [6.45, 7) is 8.15. The van der Waals surface area contributed by atoms with E-state index in [4.69, 9.17) is 5.73 Å². The van der Waals surface area contributed by atoms with Crippen molar-refractivity contribution in [1.82, 2.24) is 5.32 Å². The summed E-state index contributed by atoms with van der Waals surface area (Å²) in [7, 11) is 2.04. The molecule has 13 heavy (non-hydrogen) atoms. The van der Waals surface area contributed by atoms with Crippen molar-refractivity contribution in [2.45, 2.75) is 39.7 Å². The highest BCUT2D eigenvalue weighted by Crippen LogP contribution is 2.43. The lowest BCUT2D eigenvalue weighted by Crippen LogP contribution is -2.49. The third kappa shape index (κ3) is 2.05. The molecule has 0 saturated heterocycles. The van der Waals surface area contributed by atoms with E-state index in [1.807, 2.05) is 7.05 Å². The normalized spacial score (nSPS) is 39.0. The predicted octanol–water partition coefficient (Wildman–Crippen LogP) is 1.61. The topological polar surface area (TPSA) is 38.0 Å². The summed E-state index contributed by atoms with van der Waals surface area (Å²) in [6, 6.07) is 0.406. The zero-order valence-corrected chi connectivity index (χ0v) is 9.43. The average Bonchev–Trinajstić information content (AvgIpc) is 2.07. The molecule has 0 aliphatic heterocycles. The van der Waals surface area contributed by atoms with Crippen LogP contribution in [-0.2, 0) is 0 Å². The molecule has 1 aliphatic rings. The summed E-state index contributed by atoms with van der Waals surface area (Å²) in [4.78, 5) is 0. The molecule has 0 heterocycles. The van der Waals surface area contributed by atoms with Gasteiger partial charge in [-0.1, -0.05) is 20.8 Å². The molecule has 0 radical (unpaired) electrons. The zero-order chi connectivity index (χ0) is 10.1. The van der Waals surface area contributed by atoms with Crippen molar-refractivity contribution in [2.75, 3.05) is 13.6 Å². The Hall–Kier alpha value is -0.0800. The van der Waals surface area contributed by atoms with Gasteiger partial charge in [0.15, 0.2) is 0 Å². The molecule has 0 spiro atoms. The van der Waals surface area contributed by atoms with Gasteiger partial charge in [-0.2, -0.15) is 0 Å². The molecule has 0 aromatic rings. The molecule has 2 heteroatoms. The largest absolute Gasteiger partial charge is 0.327 e. The van der Waals surface area contributed by atoms with Crippen molar-refractivity contribution < 1.29 is 0 Å². The maximum atomic E-state index is 6.09. The number of rotatable bonds is 2. The number of nitrogens with two attached hydrogens (primary N) is 1. The quantitative estimate of drug-likeness (QED) is 0.684. The molecule has 3 unspecified atom stereocenters. The Kier molecular flexibility index (Phi) is 3.36. The summed E-state index contributed by atoms with van der Waals surface area (Å²) in [5, 5.41) is 3.29. The van der Waals surface area contributed by atoms with E-state index in [0.717, 1.165) is 12.5 Å². The van der Waals surface area contributed by atoms with E-state index in [9.17, 15) is 0 Å². The number of hydrogen-bond acceptors (Lipinski definition) is 2. The second-order valence-corrected chi connectivity index (χ2v) is 5.11. The summed E-state index contributed by atoms with van der Waals surface area (Å²) >= 11 is 0. The lowest BCUT2D eigenvalue weighted by atomic mass is 9.61. The van der Waals surface area contributed by atoms with Crippen LogP contribution in [0.5, 0.6) is 0 Å². The Balaban J connectivity index is 2.67. The molecule has 3 atom stereocenters. The molecule has 1 rings (SSSR count). The highest BCUT2D eigenvalue weighted by Gasteiger charge is 2.40. The van der Waals surface area contributed by atoms with Crippen LogP contribution < -0.4 is 11.1 Å². The lowest BCUT2D eigenvalue weighted by Gasteiger charge is -2.47. The van der Waals surface area contributed by atoms with E-state index in [1.54, 1.807) is 0 Å². The van der Waals surface area contributed by atoms with E-state index < -0.39 is 0 Å². The molecule has 0 amide bonds. The minimum atomic E-state index is 0.390. The first-order valence-electron chi connectivity index (χ1n) is 5.40. The fraction of sp³-hybridized carbons (Fsp3) is 1.00. The van der Waals surface area contributed by atoms with Gasteiger partial charge in [-0.25, -0.2) is 0 Å². The smallest absolute Gasteiger partial charge is 0.00698 e. The van der Waals surface area contributed by atoms with Gasteiger partial charge in [0.25, 0.3) is 0 Å². The predicted molar refractivity (Wildman–Crippen MR) is 57.6 cm³/mol. The van der Waals surface area contributed by atoms with Gasteiger partial charge >= 0.3 is 0 Å². The van der Waals surface area contributed by atoms with Gasteiger partial charge < -0.3 is 11.1 Å². The summed E-state index contributed by atoms with van der Waals surface area (Å²) in [5.74, 6) is 1.42. The van der Waals surface area contributed by atoms with Gasteiger partial charge in [-0.15, -0.1) is 0 Å². The molecular weight excluding hydrogens is 160 g/mol. The molecule has 0 aromatic carbocycles. The molecule has 0 bridgehead atoms. The van der Waals surface area contributed by atoms with Crippen molar-refractivity contribution >= 4 is 0 Å². The van der Waals surface area contributed by atoms with Gasteiger partial charge in [0.05, 0.1) is 0 Å². The Bertz CT molecular complexity index is 165. The standard InChI is InChI=1S/C11H24N2/c1-8-10(12)6-5-9(7-13-4)11(8,2)3/h8-10,13H,5-7,12H2,1-4H3. The van der Waals surface area contributed by atoms with Crippen molar-refractivity contribution in [1.29, 1.82) is 0 Å². The van der Waals surface area contributed by atoms with Crippen LogP contribution >= 0.6 is 0 Å². The summed E-state index contributed by atoms with van der Waals surface area (Å²) in [6.07, 6.45) is 2.47. The van der Waals surface area contributed by atoms with Crippen LogP contribution in [0.25, 0.3) is 0 Å². The highest BCUT2D eigenvalue weighted by molar-refractivity contribution is 4.93. The van der Waals surface area contributed by atoms with Crippen LogP contribution in [0.15, 0.2) is 0 Å². The van der Waals surface area contributed by atoms with Crippen LogP contribution in [0, 0.1) is 17.3 Å². The first kappa shape index (κ1) is 11.0. The van der Waals surface area contributed by atoms with Crippen LogP contribution in [0.2, 0.25) is 0 Å². The van der Waals surface area contributed by atoms with E-state index in [0.29, 0.717) is 17.4 Å². The monoisotopic (exact) mass is 184 g/mol. The van der Waals surface area contributed by atoms with Crippen LogP contribution in [0.3, 0.4) is 0 Å². The third-order valence-corrected chi connectivity index (χ3v) is 4.17. The van der Waals surface area contributed by atoms with Crippen LogP contribution in [0.4, 0.5) is 0 Å². The molecule has 0 aromatic heterocycles. The third-order valence-electron chi connectivity index (χ3n) is 4.17. The highest BCUT2D eigenvalue weighted by atomic mass is 14.8. The summed E-state index contributed by atoms with van der Waals surface area (Å²) in [5.41, 5.74) is 6.48. The van der Waals surface area contributed by atoms with E-state index in [1.165, 1.54) is 12.8 Å². The maximum Gasteiger partial charge on any atom is 0.00698 e. The van der Waals surface area contributed by atoms with Gasteiger partial charge in [-0.05, 0) is 43.7 Å². The van der Waals surface area contributed by atoms with Gasteiger partial charge in [0, 0.05) is 6.04 Å². The fourth-order valence-corrected chi connectivity index (χ4v) is 2.55. The first-order chi connectivity index (χ1) is 6.00. The Morgan fingerprint density at radius 3 is 2.54 bits per heavy atom. The van der Waals surface area contributed by atoms with Crippen molar-refractivity contribution in [3.8, 4) is 0 Å². The van der Waals surface area contributed by atoms with Gasteiger partial charge in [0.2, 0.25) is 0 Å². The van der Waals surface area contributed by atoms with Crippen molar-refractivity contribution in [3.63, 3.8) is 0 Å². The van der Waals surface area contributed by atoms with Crippen molar-refractivity contribution in [3.05, 3.63) is 0 Å². The molecule has 1 fully saturated rings. The van der Waals surface area contributed by atoms with E-state index >= 15 is 0 Å². The van der Waals surface area contributed by atoms with Gasteiger partial charge in [0.1, 0.15) is 0 Å². The fourth-order valence-electron chi connectivity index (χ4n) is 2.55. The SMILES string of the molecule is CNCC1CCC(N)C(C)C1(C)C. The number of hydrogen-bond donors (Lipinski definition) is 2.